The number of aromatic amines is 1. The van der Waals surface area contributed by atoms with E-state index in [-0.39, 0.29) is 11.9 Å². The second-order valence-corrected chi connectivity index (χ2v) is 11.8. The van der Waals surface area contributed by atoms with Crippen LogP contribution >= 0.6 is 11.6 Å². The number of benzene rings is 4. The zero-order valence-corrected chi connectivity index (χ0v) is 24.4. The van der Waals surface area contributed by atoms with Crippen molar-refractivity contribution in [2.24, 2.45) is 0 Å². The minimum atomic E-state index is -0.958. The van der Waals surface area contributed by atoms with Crippen molar-refractivity contribution in [2.45, 2.75) is 31.2 Å². The minimum absolute atomic E-state index is 0.116. The maximum Gasteiger partial charge on any atom is 0.268 e. The van der Waals surface area contributed by atoms with Gasteiger partial charge in [-0.2, -0.15) is 0 Å². The third kappa shape index (κ3) is 6.81. The van der Waals surface area contributed by atoms with Gasteiger partial charge in [-0.15, -0.1) is 0 Å². The first-order valence-electron chi connectivity index (χ1n) is 14.5. The summed E-state index contributed by atoms with van der Waals surface area (Å²) in [6, 6.07) is 32.0. The number of amides is 1. The molecule has 1 aromatic heterocycles. The van der Waals surface area contributed by atoms with Crippen molar-refractivity contribution in [1.29, 1.82) is 0 Å². The van der Waals surface area contributed by atoms with Crippen molar-refractivity contribution in [3.8, 4) is 11.1 Å². The van der Waals surface area contributed by atoms with Gasteiger partial charge in [0.1, 0.15) is 11.5 Å². The average Bonchev–Trinajstić information content (AvgIpc) is 3.57. The van der Waals surface area contributed by atoms with E-state index in [9.17, 15) is 14.3 Å². The van der Waals surface area contributed by atoms with Crippen LogP contribution in [-0.2, 0) is 13.1 Å². The van der Waals surface area contributed by atoms with Gasteiger partial charge in [-0.1, -0.05) is 90.5 Å². The fourth-order valence-electron chi connectivity index (χ4n) is 6.05. The van der Waals surface area contributed by atoms with Crippen molar-refractivity contribution in [2.75, 3.05) is 19.6 Å². The molecule has 6 nitrogen and oxygen atoms in total. The molecule has 0 aliphatic carbocycles. The van der Waals surface area contributed by atoms with Gasteiger partial charge in [0.15, 0.2) is 0 Å². The van der Waals surface area contributed by atoms with E-state index in [1.165, 1.54) is 23.3 Å². The number of halogens is 2. The molecule has 1 saturated heterocycles. The topological polar surface area (TPSA) is 80.4 Å². The van der Waals surface area contributed by atoms with Crippen LogP contribution in [0.2, 0.25) is 5.02 Å². The first-order chi connectivity index (χ1) is 20.9. The van der Waals surface area contributed by atoms with Crippen LogP contribution in [0.5, 0.6) is 0 Å². The van der Waals surface area contributed by atoms with Crippen molar-refractivity contribution in [3.05, 3.63) is 131 Å². The van der Waals surface area contributed by atoms with Crippen LogP contribution in [0.3, 0.4) is 0 Å². The number of fused-ring (bicyclic) bond motifs is 1. The Labute approximate surface area is 255 Å². The Morgan fingerprint density at radius 2 is 1.60 bits per heavy atom. The van der Waals surface area contributed by atoms with Crippen LogP contribution < -0.4 is 10.6 Å². The summed E-state index contributed by atoms with van der Waals surface area (Å²) < 4.78 is 14.2. The number of nitrogens with one attached hydrogen (secondary N) is 3. The zero-order valence-electron chi connectivity index (χ0n) is 23.7. The first kappa shape index (κ1) is 29.1. The largest absolute Gasteiger partial charge is 0.387 e. The quantitative estimate of drug-likeness (QED) is 0.156. The van der Waals surface area contributed by atoms with Gasteiger partial charge < -0.3 is 20.7 Å². The Morgan fingerprint density at radius 3 is 2.28 bits per heavy atom. The maximum absolute atomic E-state index is 14.2. The summed E-state index contributed by atoms with van der Waals surface area (Å²) in [4.78, 5) is 19.0. The van der Waals surface area contributed by atoms with Crippen LogP contribution in [0.4, 0.5) is 4.39 Å². The van der Waals surface area contributed by atoms with E-state index >= 15 is 0 Å². The highest BCUT2D eigenvalue weighted by molar-refractivity contribution is 6.34. The molecule has 1 fully saturated rings. The molecule has 1 amide bonds. The predicted octanol–water partition coefficient (Wildman–Crippen LogP) is 6.15. The normalized spacial score (nSPS) is 18.4. The number of β-amino-alcohol motifs (C(OH)–C–C–N with tert-alkyl or cyclic N) is 1. The van der Waals surface area contributed by atoms with Crippen LogP contribution in [0, 0.1) is 5.82 Å². The van der Waals surface area contributed by atoms with Crippen LogP contribution in [0.1, 0.15) is 28.0 Å². The Balaban J connectivity index is 1.15. The molecule has 6 rings (SSSR count). The molecule has 2 heterocycles. The molecule has 2 atom stereocenters. The summed E-state index contributed by atoms with van der Waals surface area (Å²) >= 11 is 6.51. The summed E-state index contributed by atoms with van der Waals surface area (Å²) in [6.45, 7) is 2.66. The standard InChI is InChI=1S/C35H34ClFN4O2/c36-30-14-8-7-13-28(30)32-29-17-26(37)15-16-31(29)40-33(32)34(42)38-19-27-18-35(43,22-39-27)23-41(20-24-9-3-1-4-10-24)21-25-11-5-2-6-12-25/h1-17,27,39-40,43H,18-23H2,(H,38,42)/t27-,35?/m0/s1. The fourth-order valence-corrected chi connectivity index (χ4v) is 6.28. The van der Waals surface area contributed by atoms with Crippen molar-refractivity contribution in [1.82, 2.24) is 20.5 Å². The van der Waals surface area contributed by atoms with Gasteiger partial charge in [-0.3, -0.25) is 9.69 Å². The van der Waals surface area contributed by atoms with Gasteiger partial charge in [0.25, 0.3) is 5.91 Å². The highest BCUT2D eigenvalue weighted by Gasteiger charge is 2.38. The molecule has 1 aliphatic rings. The lowest BCUT2D eigenvalue weighted by atomic mass is 9.98. The lowest BCUT2D eigenvalue weighted by Crippen LogP contribution is -2.44. The SMILES string of the molecule is O=C(NC[C@@H]1CC(O)(CN(Cc2ccccc2)Cc2ccccc2)CN1)c1[nH]c2ccc(F)cc2c1-c1ccccc1Cl. The third-order valence-corrected chi connectivity index (χ3v) is 8.33. The molecule has 0 bridgehead atoms. The van der Waals surface area contributed by atoms with Crippen molar-refractivity contribution >= 4 is 28.4 Å². The van der Waals surface area contributed by atoms with Gasteiger partial charge in [-0.25, -0.2) is 4.39 Å². The number of nitrogens with zero attached hydrogens (tertiary/aromatic N) is 1. The summed E-state index contributed by atoms with van der Waals surface area (Å²) in [5.74, 6) is -0.715. The van der Waals surface area contributed by atoms with Crippen LogP contribution in [-0.4, -0.2) is 52.2 Å². The second-order valence-electron chi connectivity index (χ2n) is 11.4. The molecule has 4 N–H and O–H groups in total. The number of aromatic nitrogens is 1. The highest BCUT2D eigenvalue weighted by Crippen LogP contribution is 2.37. The van der Waals surface area contributed by atoms with Crippen LogP contribution in [0.15, 0.2) is 103 Å². The van der Waals surface area contributed by atoms with E-state index in [4.69, 9.17) is 11.6 Å². The Kier molecular flexibility index (Phi) is 8.58. The molecule has 0 spiro atoms. The number of hydrogen-bond donors (Lipinski definition) is 4. The van der Waals surface area contributed by atoms with Crippen LogP contribution in [0.25, 0.3) is 22.0 Å². The number of hydrogen-bond acceptors (Lipinski definition) is 4. The summed E-state index contributed by atoms with van der Waals surface area (Å²) in [5, 5.41) is 19.1. The van der Waals surface area contributed by atoms with Crippen molar-refractivity contribution in [3.63, 3.8) is 0 Å². The highest BCUT2D eigenvalue weighted by atomic mass is 35.5. The number of carbonyl (C=O) groups is 1. The molecule has 5 aromatic rings. The molecule has 8 heteroatoms. The fraction of sp³-hybridized carbons (Fsp3) is 0.229. The molecule has 4 aromatic carbocycles. The lowest BCUT2D eigenvalue weighted by molar-refractivity contribution is 0.0136. The van der Waals surface area contributed by atoms with Crippen molar-refractivity contribution < 1.29 is 14.3 Å². The van der Waals surface area contributed by atoms with E-state index in [0.29, 0.717) is 71.9 Å². The number of carbonyl (C=O) groups excluding carboxylic acids is 1. The number of H-pyrrole nitrogens is 1. The zero-order chi connectivity index (χ0) is 29.8. The first-order valence-corrected chi connectivity index (χ1v) is 14.8. The lowest BCUT2D eigenvalue weighted by Gasteiger charge is -2.31. The van der Waals surface area contributed by atoms with Gasteiger partial charge in [-0.05, 0) is 41.8 Å². The molecule has 220 valence electrons. The van der Waals surface area contributed by atoms with E-state index in [1.54, 1.807) is 12.1 Å². The van der Waals surface area contributed by atoms with E-state index in [2.05, 4.69) is 44.8 Å². The summed E-state index contributed by atoms with van der Waals surface area (Å²) in [7, 11) is 0. The van der Waals surface area contributed by atoms with E-state index in [0.717, 1.165) is 0 Å². The summed E-state index contributed by atoms with van der Waals surface area (Å²) in [5.41, 5.74) is 3.59. The molecule has 1 unspecified atom stereocenters. The number of rotatable bonds is 10. The summed E-state index contributed by atoms with van der Waals surface area (Å²) in [6.07, 6.45) is 0.489. The maximum atomic E-state index is 14.2. The molecule has 43 heavy (non-hydrogen) atoms. The monoisotopic (exact) mass is 596 g/mol. The third-order valence-electron chi connectivity index (χ3n) is 8.00. The second kappa shape index (κ2) is 12.7. The smallest absolute Gasteiger partial charge is 0.268 e. The Morgan fingerprint density at radius 1 is 0.953 bits per heavy atom. The Bertz CT molecular complexity index is 1670. The minimum Gasteiger partial charge on any atom is -0.387 e. The van der Waals surface area contributed by atoms with Gasteiger partial charge in [0.2, 0.25) is 0 Å². The molecular weight excluding hydrogens is 563 g/mol. The van der Waals surface area contributed by atoms with Gasteiger partial charge >= 0.3 is 0 Å². The van der Waals surface area contributed by atoms with E-state index < -0.39 is 11.4 Å². The van der Waals surface area contributed by atoms with E-state index in [1.807, 2.05) is 54.6 Å². The molecule has 0 saturated carbocycles. The van der Waals surface area contributed by atoms with Gasteiger partial charge in [0, 0.05) is 65.8 Å². The average molecular weight is 597 g/mol. The number of aliphatic hydroxyl groups is 1. The molecule has 0 radical (unpaired) electrons. The molecular formula is C35H34ClFN4O2. The van der Waals surface area contributed by atoms with Gasteiger partial charge in [0.05, 0.1) is 5.60 Å². The Hall–Kier alpha value is -4.01. The predicted molar refractivity (Wildman–Crippen MR) is 169 cm³/mol. The molecule has 1 aliphatic heterocycles.